The molecule has 0 unspecified atom stereocenters. The highest BCUT2D eigenvalue weighted by Gasteiger charge is 2.15. The van der Waals surface area contributed by atoms with Gasteiger partial charge in [-0.2, -0.15) is 0 Å². The van der Waals surface area contributed by atoms with Crippen molar-refractivity contribution in [1.82, 2.24) is 9.55 Å². The first kappa shape index (κ1) is 15.9. The predicted octanol–water partition coefficient (Wildman–Crippen LogP) is 5.47. The second kappa shape index (κ2) is 6.69. The van der Waals surface area contributed by atoms with E-state index in [4.69, 9.17) is 16.6 Å². The zero-order valence-corrected chi connectivity index (χ0v) is 14.2. The van der Waals surface area contributed by atoms with Gasteiger partial charge in [-0.15, -0.1) is 0 Å². The van der Waals surface area contributed by atoms with Crippen LogP contribution >= 0.6 is 11.6 Å². The SMILES string of the molecule is Fc1cccc(Cl)c1Cn1c(Cc2ccccc2)nc2ccccc21. The highest BCUT2D eigenvalue weighted by Crippen LogP contribution is 2.25. The van der Waals surface area contributed by atoms with Crippen LogP contribution in [0.1, 0.15) is 17.0 Å². The van der Waals surface area contributed by atoms with Crippen molar-refractivity contribution in [1.29, 1.82) is 0 Å². The molecule has 0 aliphatic rings. The molecule has 0 saturated carbocycles. The smallest absolute Gasteiger partial charge is 0.129 e. The summed E-state index contributed by atoms with van der Waals surface area (Å²) in [6.45, 7) is 0.355. The Hall–Kier alpha value is -2.65. The van der Waals surface area contributed by atoms with Crippen LogP contribution in [-0.4, -0.2) is 9.55 Å². The summed E-state index contributed by atoms with van der Waals surface area (Å²) < 4.78 is 16.3. The van der Waals surface area contributed by atoms with Crippen LogP contribution in [-0.2, 0) is 13.0 Å². The second-order valence-corrected chi connectivity index (χ2v) is 6.37. The van der Waals surface area contributed by atoms with Gasteiger partial charge in [0.2, 0.25) is 0 Å². The largest absolute Gasteiger partial charge is 0.323 e. The van der Waals surface area contributed by atoms with E-state index in [0.29, 0.717) is 23.6 Å². The molecule has 1 heterocycles. The highest BCUT2D eigenvalue weighted by atomic mass is 35.5. The summed E-state index contributed by atoms with van der Waals surface area (Å²) in [7, 11) is 0. The van der Waals surface area contributed by atoms with E-state index in [0.717, 1.165) is 16.9 Å². The molecule has 1 aromatic heterocycles. The van der Waals surface area contributed by atoms with E-state index in [-0.39, 0.29) is 5.82 Å². The summed E-state index contributed by atoms with van der Waals surface area (Å²) in [5, 5.41) is 0.434. The summed E-state index contributed by atoms with van der Waals surface area (Å²) >= 11 is 6.24. The lowest BCUT2D eigenvalue weighted by Crippen LogP contribution is -2.08. The lowest BCUT2D eigenvalue weighted by molar-refractivity contribution is 0.598. The van der Waals surface area contributed by atoms with E-state index >= 15 is 0 Å². The fraction of sp³-hybridized carbons (Fsp3) is 0.0952. The Morgan fingerprint density at radius 1 is 0.880 bits per heavy atom. The van der Waals surface area contributed by atoms with Gasteiger partial charge in [-0.1, -0.05) is 60.1 Å². The van der Waals surface area contributed by atoms with Crippen LogP contribution < -0.4 is 0 Å². The predicted molar refractivity (Wildman–Crippen MR) is 99.5 cm³/mol. The van der Waals surface area contributed by atoms with Crippen molar-refractivity contribution in [3.05, 3.63) is 101 Å². The number of halogens is 2. The van der Waals surface area contributed by atoms with Crippen LogP contribution in [0.25, 0.3) is 11.0 Å². The Bertz CT molecular complexity index is 1000. The molecule has 4 rings (SSSR count). The number of hydrogen-bond acceptors (Lipinski definition) is 1. The number of imidazole rings is 1. The van der Waals surface area contributed by atoms with E-state index < -0.39 is 0 Å². The molecule has 0 N–H and O–H groups in total. The van der Waals surface area contributed by atoms with E-state index in [1.165, 1.54) is 11.6 Å². The average molecular weight is 351 g/mol. The normalized spacial score (nSPS) is 11.1. The maximum Gasteiger partial charge on any atom is 0.129 e. The van der Waals surface area contributed by atoms with Crippen molar-refractivity contribution in [2.24, 2.45) is 0 Å². The van der Waals surface area contributed by atoms with Gasteiger partial charge in [-0.05, 0) is 29.8 Å². The molecule has 2 nitrogen and oxygen atoms in total. The Labute approximate surface area is 150 Å². The van der Waals surface area contributed by atoms with Gasteiger partial charge in [0.05, 0.1) is 17.6 Å². The van der Waals surface area contributed by atoms with Gasteiger partial charge in [0.25, 0.3) is 0 Å². The molecular formula is C21H16ClFN2. The molecule has 0 saturated heterocycles. The Balaban J connectivity index is 1.82. The van der Waals surface area contributed by atoms with Crippen molar-refractivity contribution in [2.75, 3.05) is 0 Å². The number of benzene rings is 3. The van der Waals surface area contributed by atoms with E-state index in [2.05, 4.69) is 12.1 Å². The molecular weight excluding hydrogens is 335 g/mol. The van der Waals surface area contributed by atoms with E-state index in [1.54, 1.807) is 12.1 Å². The molecule has 0 amide bonds. The minimum absolute atomic E-state index is 0.295. The van der Waals surface area contributed by atoms with Crippen LogP contribution in [0, 0.1) is 5.82 Å². The van der Waals surface area contributed by atoms with E-state index in [1.807, 2.05) is 47.0 Å². The van der Waals surface area contributed by atoms with Gasteiger partial charge in [0.15, 0.2) is 0 Å². The highest BCUT2D eigenvalue weighted by molar-refractivity contribution is 6.31. The monoisotopic (exact) mass is 350 g/mol. The molecule has 124 valence electrons. The third kappa shape index (κ3) is 3.15. The van der Waals surface area contributed by atoms with Gasteiger partial charge >= 0.3 is 0 Å². The number of hydrogen-bond donors (Lipinski definition) is 0. The van der Waals surface area contributed by atoms with Gasteiger partial charge in [0, 0.05) is 17.0 Å². The molecule has 0 atom stereocenters. The quantitative estimate of drug-likeness (QED) is 0.477. The van der Waals surface area contributed by atoms with Crippen LogP contribution in [0.5, 0.6) is 0 Å². The van der Waals surface area contributed by atoms with Crippen LogP contribution in [0.4, 0.5) is 4.39 Å². The fourth-order valence-electron chi connectivity index (χ4n) is 3.06. The molecule has 0 spiro atoms. The summed E-state index contributed by atoms with van der Waals surface area (Å²) in [4.78, 5) is 4.76. The molecule has 3 aromatic carbocycles. The minimum Gasteiger partial charge on any atom is -0.323 e. The van der Waals surface area contributed by atoms with Gasteiger partial charge in [-0.3, -0.25) is 0 Å². The average Bonchev–Trinajstić information content (AvgIpc) is 2.96. The summed E-state index contributed by atoms with van der Waals surface area (Å²) in [6, 6.07) is 22.8. The maximum atomic E-state index is 14.3. The fourth-order valence-corrected chi connectivity index (χ4v) is 3.28. The molecule has 0 bridgehead atoms. The standard InChI is InChI=1S/C21H16ClFN2/c22-17-9-6-10-18(23)16(17)14-25-20-12-5-4-11-19(20)24-21(25)13-15-7-2-1-3-8-15/h1-12H,13-14H2. The first-order chi connectivity index (χ1) is 12.2. The minimum atomic E-state index is -0.295. The molecule has 0 fully saturated rings. The Morgan fingerprint density at radius 3 is 2.44 bits per heavy atom. The van der Waals surface area contributed by atoms with Crippen LogP contribution in [0.2, 0.25) is 5.02 Å². The maximum absolute atomic E-state index is 14.3. The van der Waals surface area contributed by atoms with Gasteiger partial charge in [-0.25, -0.2) is 9.37 Å². The topological polar surface area (TPSA) is 17.8 Å². The molecule has 4 aromatic rings. The van der Waals surface area contributed by atoms with Crippen LogP contribution in [0.15, 0.2) is 72.8 Å². The van der Waals surface area contributed by atoms with Crippen molar-refractivity contribution in [2.45, 2.75) is 13.0 Å². The van der Waals surface area contributed by atoms with Crippen molar-refractivity contribution in [3.8, 4) is 0 Å². The van der Waals surface area contributed by atoms with Gasteiger partial charge < -0.3 is 4.57 Å². The third-order valence-electron chi connectivity index (χ3n) is 4.32. The van der Waals surface area contributed by atoms with Crippen molar-refractivity contribution >= 4 is 22.6 Å². The molecule has 0 aliphatic carbocycles. The first-order valence-corrected chi connectivity index (χ1v) is 8.51. The number of fused-ring (bicyclic) bond motifs is 1. The van der Waals surface area contributed by atoms with Crippen molar-refractivity contribution < 1.29 is 4.39 Å². The number of nitrogens with zero attached hydrogens (tertiary/aromatic N) is 2. The van der Waals surface area contributed by atoms with Crippen LogP contribution in [0.3, 0.4) is 0 Å². The van der Waals surface area contributed by atoms with E-state index in [9.17, 15) is 4.39 Å². The summed E-state index contributed by atoms with van der Waals surface area (Å²) in [5.74, 6) is 0.600. The number of rotatable bonds is 4. The lowest BCUT2D eigenvalue weighted by atomic mass is 10.1. The summed E-state index contributed by atoms with van der Waals surface area (Å²) in [5.41, 5.74) is 3.54. The first-order valence-electron chi connectivity index (χ1n) is 8.13. The molecule has 0 radical (unpaired) electrons. The summed E-state index contributed by atoms with van der Waals surface area (Å²) in [6.07, 6.45) is 0.682. The molecule has 4 heteroatoms. The lowest BCUT2D eigenvalue weighted by Gasteiger charge is -2.12. The molecule has 25 heavy (non-hydrogen) atoms. The zero-order valence-electron chi connectivity index (χ0n) is 13.5. The molecule has 0 aliphatic heterocycles. The second-order valence-electron chi connectivity index (χ2n) is 5.97. The third-order valence-corrected chi connectivity index (χ3v) is 4.67. The van der Waals surface area contributed by atoms with Gasteiger partial charge in [0.1, 0.15) is 11.6 Å². The number of para-hydroxylation sites is 2. The zero-order chi connectivity index (χ0) is 17.2. The Kier molecular flexibility index (Phi) is 4.24. The van der Waals surface area contributed by atoms with Crippen molar-refractivity contribution in [3.63, 3.8) is 0 Å². The Morgan fingerprint density at radius 2 is 1.64 bits per heavy atom. The number of aromatic nitrogens is 2.